The normalized spacial score (nSPS) is 10.8. The lowest BCUT2D eigenvalue weighted by atomic mass is 10.3. The summed E-state index contributed by atoms with van der Waals surface area (Å²) in [6.45, 7) is 0. The number of nitrogens with one attached hydrogen (secondary N) is 2. The van der Waals surface area contributed by atoms with Crippen molar-refractivity contribution in [3.05, 3.63) is 65.9 Å². The maximum absolute atomic E-state index is 13.1. The molecule has 3 heterocycles. The Labute approximate surface area is 146 Å². The molecule has 0 unspecified atom stereocenters. The van der Waals surface area contributed by atoms with Crippen LogP contribution in [0, 0.1) is 5.82 Å². The minimum atomic E-state index is -0.469. The average Bonchev–Trinajstić information content (AvgIpc) is 3.23. The summed E-state index contributed by atoms with van der Waals surface area (Å²) in [4.78, 5) is 17.5. The molecule has 3 aromatic heterocycles. The van der Waals surface area contributed by atoms with Crippen LogP contribution in [0.4, 0.5) is 20.6 Å². The van der Waals surface area contributed by atoms with Crippen LogP contribution in [0.15, 0.2) is 60.1 Å². The molecule has 0 saturated heterocycles. The summed E-state index contributed by atoms with van der Waals surface area (Å²) < 4.78 is 14.8. The fraction of sp³-hybridized carbons (Fsp3) is 0. The van der Waals surface area contributed by atoms with Crippen LogP contribution in [0.2, 0.25) is 0 Å². The highest BCUT2D eigenvalue weighted by Crippen LogP contribution is 2.22. The standard InChI is InChI=1S/C17H12FN5OS/c18-11-3-1-4-12(9-11)19-17(24)20-13-6-7-15-21-16(22-23(15)10-13)14-5-2-8-25-14/h1-10H,(H2,19,20,24). The van der Waals surface area contributed by atoms with Crippen molar-refractivity contribution in [2.24, 2.45) is 0 Å². The van der Waals surface area contributed by atoms with Crippen LogP contribution in [-0.2, 0) is 0 Å². The number of halogens is 1. The number of amides is 2. The third-order valence-corrected chi connectivity index (χ3v) is 4.28. The number of nitrogens with zero attached hydrogens (tertiary/aromatic N) is 3. The Morgan fingerprint density at radius 1 is 1.08 bits per heavy atom. The lowest BCUT2D eigenvalue weighted by molar-refractivity contribution is 0.262. The largest absolute Gasteiger partial charge is 0.323 e. The molecule has 0 spiro atoms. The molecule has 0 atom stereocenters. The molecule has 0 aliphatic carbocycles. The van der Waals surface area contributed by atoms with Gasteiger partial charge < -0.3 is 10.6 Å². The zero-order valence-corrected chi connectivity index (χ0v) is 13.6. The van der Waals surface area contributed by atoms with E-state index < -0.39 is 11.8 Å². The van der Waals surface area contributed by atoms with Crippen LogP contribution in [-0.4, -0.2) is 20.6 Å². The molecule has 4 rings (SSSR count). The van der Waals surface area contributed by atoms with Gasteiger partial charge in [-0.05, 0) is 41.8 Å². The van der Waals surface area contributed by atoms with Gasteiger partial charge in [-0.1, -0.05) is 12.1 Å². The Balaban J connectivity index is 1.52. The highest BCUT2D eigenvalue weighted by atomic mass is 32.1. The number of fused-ring (bicyclic) bond motifs is 1. The van der Waals surface area contributed by atoms with E-state index in [1.165, 1.54) is 18.2 Å². The van der Waals surface area contributed by atoms with E-state index >= 15 is 0 Å². The molecule has 4 aromatic rings. The fourth-order valence-electron chi connectivity index (χ4n) is 2.33. The molecular formula is C17H12FN5OS. The molecule has 2 amide bonds. The Hall–Kier alpha value is -3.26. The van der Waals surface area contributed by atoms with Crippen LogP contribution in [0.5, 0.6) is 0 Å². The predicted octanol–water partition coefficient (Wildman–Crippen LogP) is 4.24. The van der Waals surface area contributed by atoms with E-state index in [9.17, 15) is 9.18 Å². The van der Waals surface area contributed by atoms with Crippen molar-refractivity contribution in [3.63, 3.8) is 0 Å². The Bertz CT molecular complexity index is 1040. The maximum Gasteiger partial charge on any atom is 0.323 e. The van der Waals surface area contributed by atoms with Gasteiger partial charge in [0.1, 0.15) is 5.82 Å². The first kappa shape index (κ1) is 15.3. The molecule has 25 heavy (non-hydrogen) atoms. The molecular weight excluding hydrogens is 341 g/mol. The fourth-order valence-corrected chi connectivity index (χ4v) is 2.98. The minimum absolute atomic E-state index is 0.374. The van der Waals surface area contributed by atoms with Crippen molar-refractivity contribution >= 4 is 34.4 Å². The zero-order chi connectivity index (χ0) is 17.2. The first-order valence-electron chi connectivity index (χ1n) is 7.41. The number of thiophene rings is 1. The topological polar surface area (TPSA) is 71.3 Å². The van der Waals surface area contributed by atoms with Crippen LogP contribution >= 0.6 is 11.3 Å². The van der Waals surface area contributed by atoms with Gasteiger partial charge in [0.05, 0.1) is 16.8 Å². The molecule has 0 aliphatic heterocycles. The number of rotatable bonds is 3. The van der Waals surface area contributed by atoms with Gasteiger partial charge in [0.25, 0.3) is 0 Å². The van der Waals surface area contributed by atoms with Gasteiger partial charge in [-0.15, -0.1) is 16.4 Å². The summed E-state index contributed by atoms with van der Waals surface area (Å²) in [5, 5.41) is 11.6. The van der Waals surface area contributed by atoms with Gasteiger partial charge >= 0.3 is 6.03 Å². The highest BCUT2D eigenvalue weighted by Gasteiger charge is 2.09. The van der Waals surface area contributed by atoms with Crippen molar-refractivity contribution < 1.29 is 9.18 Å². The molecule has 1 aromatic carbocycles. The molecule has 0 saturated carbocycles. The van der Waals surface area contributed by atoms with Gasteiger partial charge in [0, 0.05) is 5.69 Å². The summed E-state index contributed by atoms with van der Waals surface area (Å²) in [7, 11) is 0. The van der Waals surface area contributed by atoms with Crippen molar-refractivity contribution in [2.75, 3.05) is 10.6 Å². The van der Waals surface area contributed by atoms with Crippen molar-refractivity contribution in [1.29, 1.82) is 0 Å². The summed E-state index contributed by atoms with van der Waals surface area (Å²) in [6, 6.07) is 12.6. The van der Waals surface area contributed by atoms with Crippen molar-refractivity contribution in [2.45, 2.75) is 0 Å². The van der Waals surface area contributed by atoms with Gasteiger partial charge in [-0.25, -0.2) is 18.7 Å². The second-order valence-corrected chi connectivity index (χ2v) is 6.17. The quantitative estimate of drug-likeness (QED) is 0.579. The summed E-state index contributed by atoms with van der Waals surface area (Å²) in [5.74, 6) is 0.222. The number of hydrogen-bond acceptors (Lipinski definition) is 4. The molecule has 8 heteroatoms. The SMILES string of the molecule is O=C(Nc1cccc(F)c1)Nc1ccc2nc(-c3cccs3)nn2c1. The first-order valence-corrected chi connectivity index (χ1v) is 8.29. The third-order valence-electron chi connectivity index (χ3n) is 3.41. The van der Waals surface area contributed by atoms with Gasteiger partial charge in [-0.3, -0.25) is 0 Å². The number of aromatic nitrogens is 3. The minimum Gasteiger partial charge on any atom is -0.308 e. The van der Waals surface area contributed by atoms with Crippen molar-refractivity contribution in [3.8, 4) is 10.7 Å². The van der Waals surface area contributed by atoms with E-state index in [1.807, 2.05) is 17.5 Å². The second kappa shape index (κ2) is 6.33. The van der Waals surface area contributed by atoms with E-state index in [0.717, 1.165) is 4.88 Å². The van der Waals surface area contributed by atoms with Crippen LogP contribution in [0.1, 0.15) is 0 Å². The Kier molecular flexibility index (Phi) is 3.87. The van der Waals surface area contributed by atoms with E-state index in [-0.39, 0.29) is 0 Å². The maximum atomic E-state index is 13.1. The van der Waals surface area contributed by atoms with Crippen LogP contribution < -0.4 is 10.6 Å². The van der Waals surface area contributed by atoms with E-state index in [0.29, 0.717) is 22.8 Å². The second-order valence-electron chi connectivity index (χ2n) is 5.22. The molecule has 0 bridgehead atoms. The molecule has 124 valence electrons. The van der Waals surface area contributed by atoms with Crippen LogP contribution in [0.25, 0.3) is 16.3 Å². The molecule has 2 N–H and O–H groups in total. The first-order chi connectivity index (χ1) is 12.2. The molecule has 0 radical (unpaired) electrons. The number of carbonyl (C=O) groups is 1. The third kappa shape index (κ3) is 3.33. The molecule has 0 fully saturated rings. The Morgan fingerprint density at radius 2 is 1.96 bits per heavy atom. The van der Waals surface area contributed by atoms with Crippen molar-refractivity contribution in [1.82, 2.24) is 14.6 Å². The summed E-state index contributed by atoms with van der Waals surface area (Å²) >= 11 is 1.56. The number of anilines is 2. The molecule has 0 aliphatic rings. The number of pyridine rings is 1. The summed E-state index contributed by atoms with van der Waals surface area (Å²) in [5.41, 5.74) is 1.60. The van der Waals surface area contributed by atoms with Gasteiger partial charge in [-0.2, -0.15) is 0 Å². The van der Waals surface area contributed by atoms with Gasteiger partial charge in [0.2, 0.25) is 0 Å². The number of carbonyl (C=O) groups excluding carboxylic acids is 1. The Morgan fingerprint density at radius 3 is 2.76 bits per heavy atom. The lowest BCUT2D eigenvalue weighted by Crippen LogP contribution is -2.19. The summed E-state index contributed by atoms with van der Waals surface area (Å²) in [6.07, 6.45) is 1.67. The van der Waals surface area contributed by atoms with E-state index in [4.69, 9.17) is 0 Å². The zero-order valence-electron chi connectivity index (χ0n) is 12.8. The van der Waals surface area contributed by atoms with Crippen LogP contribution in [0.3, 0.4) is 0 Å². The van der Waals surface area contributed by atoms with Gasteiger partial charge in [0.15, 0.2) is 11.5 Å². The predicted molar refractivity (Wildman–Crippen MR) is 95.3 cm³/mol. The highest BCUT2D eigenvalue weighted by molar-refractivity contribution is 7.13. The number of urea groups is 1. The number of benzene rings is 1. The smallest absolute Gasteiger partial charge is 0.308 e. The van der Waals surface area contributed by atoms with E-state index in [1.54, 1.807) is 40.2 Å². The monoisotopic (exact) mass is 353 g/mol. The number of hydrogen-bond donors (Lipinski definition) is 2. The molecule has 6 nitrogen and oxygen atoms in total. The van der Waals surface area contributed by atoms with E-state index in [2.05, 4.69) is 20.7 Å². The lowest BCUT2D eigenvalue weighted by Gasteiger charge is -2.07. The average molecular weight is 353 g/mol.